The summed E-state index contributed by atoms with van der Waals surface area (Å²) in [6.45, 7) is 3.67. The molecule has 0 aliphatic carbocycles. The number of hydrogen-bond donors (Lipinski definition) is 6. The number of morpholine rings is 1. The number of carbonyl (C=O) groups excluding carboxylic acids is 4. The van der Waals surface area contributed by atoms with E-state index in [0.29, 0.717) is 69.2 Å². The fraction of sp³-hybridized carbons (Fsp3) is 0.500. The van der Waals surface area contributed by atoms with Crippen LogP contribution in [0.4, 0.5) is 59.3 Å². The number of nitrogens with two attached hydrogens (primary N) is 1. The van der Waals surface area contributed by atoms with Crippen molar-refractivity contribution in [2.24, 2.45) is 21.6 Å². The number of hydrazine groups is 1. The number of aliphatic hydroxyl groups excluding tert-OH is 1. The SMILES string of the molecule is COC(=O)N[C@H](C(=O)N[C@@H](Cc1ccc(C#Cc2ccc(N3CCN4CCOC[C@H]4C3)nc2)cc1)[C@@H](O)CN(Cc1c(F)cc(C(N)=CC=NCC(F)F)cc1F)NC(=O)[C@@H](NC(=O)OC)C(C)(C)C(F)(F)F)C(C)(C)C(F)(F)F. The van der Waals surface area contributed by atoms with Crippen molar-refractivity contribution in [2.75, 3.05) is 71.6 Å². The van der Waals surface area contributed by atoms with Crippen LogP contribution in [-0.4, -0.2) is 166 Å². The average Bonchev–Trinajstić information content (AvgIpc) is 3.41. The van der Waals surface area contributed by atoms with Gasteiger partial charge in [0, 0.05) is 79.6 Å². The number of nitrogens with zero attached hydrogens (tertiary/aromatic N) is 5. The second-order valence-electron chi connectivity index (χ2n) is 19.8. The van der Waals surface area contributed by atoms with Crippen molar-refractivity contribution in [3.63, 3.8) is 0 Å². The Hall–Kier alpha value is -7.22. The number of alkyl halides is 8. The zero-order valence-corrected chi connectivity index (χ0v) is 44.3. The lowest BCUT2D eigenvalue weighted by molar-refractivity contribution is -0.221. The van der Waals surface area contributed by atoms with Gasteiger partial charge in [0.15, 0.2) is 0 Å². The number of methoxy groups -OCH3 is 2. The molecule has 2 saturated heterocycles. The number of amides is 4. The second kappa shape index (κ2) is 27.3. The van der Waals surface area contributed by atoms with E-state index in [1.54, 1.807) is 17.6 Å². The molecule has 2 fully saturated rings. The van der Waals surface area contributed by atoms with Gasteiger partial charge in [-0.15, -0.1) is 0 Å². The first-order valence-electron chi connectivity index (χ1n) is 24.7. The number of rotatable bonds is 20. The lowest BCUT2D eigenvalue weighted by atomic mass is 9.82. The summed E-state index contributed by atoms with van der Waals surface area (Å²) >= 11 is 0. The van der Waals surface area contributed by atoms with Crippen molar-refractivity contribution >= 4 is 41.7 Å². The van der Waals surface area contributed by atoms with Crippen LogP contribution in [-0.2, 0) is 36.8 Å². The van der Waals surface area contributed by atoms with Gasteiger partial charge in [-0.05, 0) is 82.2 Å². The summed E-state index contributed by atoms with van der Waals surface area (Å²) in [5.74, 6) is 0.708. The van der Waals surface area contributed by atoms with Gasteiger partial charge in [0.1, 0.15) is 29.5 Å². The number of alkyl carbamates (subject to hydrolysis) is 2. The first kappa shape index (κ1) is 63.6. The summed E-state index contributed by atoms with van der Waals surface area (Å²) in [6, 6.07) is 4.47. The van der Waals surface area contributed by atoms with Gasteiger partial charge in [-0.3, -0.25) is 24.9 Å². The maximum absolute atomic E-state index is 16.0. The van der Waals surface area contributed by atoms with Crippen LogP contribution in [0.5, 0.6) is 0 Å². The molecule has 0 spiro atoms. The molecule has 1 aromatic heterocycles. The topological polar surface area (TPSA) is 225 Å². The molecule has 5 atom stereocenters. The smallest absolute Gasteiger partial charge is 0.407 e. The number of aliphatic hydroxyl groups is 1. The fourth-order valence-corrected chi connectivity index (χ4v) is 8.31. The number of aliphatic imine (C=N–C) groups is 1. The van der Waals surface area contributed by atoms with Crippen LogP contribution in [0.3, 0.4) is 0 Å². The molecule has 0 radical (unpaired) electrons. The molecule has 18 nitrogen and oxygen atoms in total. The molecule has 3 aromatic rings. The van der Waals surface area contributed by atoms with E-state index in [4.69, 9.17) is 10.5 Å². The molecule has 28 heteroatoms. The van der Waals surface area contributed by atoms with Crippen molar-refractivity contribution in [3.05, 3.63) is 100 Å². The fourth-order valence-electron chi connectivity index (χ4n) is 8.31. The standard InChI is InChI=1S/C52H62F10N10O8/c1-49(2,51(57,58)59)43(67-47(76)78-5)45(74)66-39(21-31-10-7-30(8-11-31)9-12-32-13-14-42(65-24-32)71-18-17-70-19-20-80-29-34(70)26-71)40(73)28-72(69-46(75)44(68-48(77)79-6)50(3,4)52(60,61)62)27-35-36(53)22-33(23-37(35)54)38(63)15-16-64-25-41(55)56/h7-8,10-11,13-16,22-24,34,39-41,43-44,73H,17-21,25-29,63H2,1-6H3,(H,66,74)(H,67,76)(H,68,77)(H,69,75)/t34-,39+,40+,43-,44-/m1/s1. The van der Waals surface area contributed by atoms with E-state index in [-0.39, 0.29) is 22.9 Å². The van der Waals surface area contributed by atoms with Crippen LogP contribution in [0.1, 0.15) is 55.5 Å². The molecule has 0 unspecified atom stereocenters. The van der Waals surface area contributed by atoms with Gasteiger partial charge < -0.3 is 45.9 Å². The van der Waals surface area contributed by atoms with Crippen LogP contribution in [0.2, 0.25) is 0 Å². The van der Waals surface area contributed by atoms with Gasteiger partial charge in [-0.2, -0.15) is 26.3 Å². The molecule has 0 bridgehead atoms. The van der Waals surface area contributed by atoms with Crippen molar-refractivity contribution in [1.82, 2.24) is 36.3 Å². The molecule has 3 heterocycles. The van der Waals surface area contributed by atoms with E-state index in [2.05, 4.69) is 46.4 Å². The maximum atomic E-state index is 16.0. The van der Waals surface area contributed by atoms with Gasteiger partial charge in [-0.25, -0.2) is 37.1 Å². The first-order chi connectivity index (χ1) is 37.4. The maximum Gasteiger partial charge on any atom is 0.407 e. The largest absolute Gasteiger partial charge is 0.453 e. The molecule has 4 amide bonds. The van der Waals surface area contributed by atoms with E-state index in [1.807, 2.05) is 16.8 Å². The number of carbonyl (C=O) groups is 4. The highest BCUT2D eigenvalue weighted by molar-refractivity contribution is 5.87. The summed E-state index contributed by atoms with van der Waals surface area (Å²) < 4.78 is 159. The third-order valence-corrected chi connectivity index (χ3v) is 13.5. The third-order valence-electron chi connectivity index (χ3n) is 13.5. The normalized spacial score (nSPS) is 17.2. The first-order valence-corrected chi connectivity index (χ1v) is 24.7. The van der Waals surface area contributed by atoms with E-state index in [9.17, 15) is 59.4 Å². The van der Waals surface area contributed by atoms with E-state index in [1.165, 1.54) is 24.3 Å². The number of ether oxygens (including phenoxy) is 3. The number of pyridine rings is 1. The summed E-state index contributed by atoms with van der Waals surface area (Å²) in [7, 11) is 1.60. The van der Waals surface area contributed by atoms with Gasteiger partial charge in [-0.1, -0.05) is 24.0 Å². The predicted molar refractivity (Wildman–Crippen MR) is 271 cm³/mol. The van der Waals surface area contributed by atoms with Gasteiger partial charge >= 0.3 is 24.5 Å². The van der Waals surface area contributed by atoms with Crippen molar-refractivity contribution < 1.29 is 82.4 Å². The molecule has 0 saturated carbocycles. The van der Waals surface area contributed by atoms with Crippen molar-refractivity contribution in [3.8, 4) is 11.8 Å². The number of aromatic nitrogens is 1. The molecule has 2 aromatic carbocycles. The molecule has 2 aliphatic rings. The molecule has 2 aliphatic heterocycles. The van der Waals surface area contributed by atoms with Crippen LogP contribution < -0.4 is 32.0 Å². The number of benzene rings is 2. The van der Waals surface area contributed by atoms with E-state index >= 15 is 8.78 Å². The monoisotopic (exact) mass is 1140 g/mol. The Morgan fingerprint density at radius 3 is 1.99 bits per heavy atom. The molecular weight excluding hydrogens is 1080 g/mol. The van der Waals surface area contributed by atoms with E-state index in [0.717, 1.165) is 58.5 Å². The van der Waals surface area contributed by atoms with E-state index < -0.39 is 121 Å². The van der Waals surface area contributed by atoms with Crippen LogP contribution in [0.25, 0.3) is 5.70 Å². The Balaban J connectivity index is 1.51. The number of halogens is 10. The number of allylic oxidation sites excluding steroid dienone is 1. The molecule has 80 heavy (non-hydrogen) atoms. The number of piperazine rings is 1. The van der Waals surface area contributed by atoms with Crippen molar-refractivity contribution in [2.45, 2.75) is 89.7 Å². The number of hydrogen-bond acceptors (Lipinski definition) is 14. The Kier molecular flexibility index (Phi) is 21.7. The zero-order chi connectivity index (χ0) is 59.3. The highest BCUT2D eigenvalue weighted by Crippen LogP contribution is 2.42. The molecular formula is C52H62F10N10O8. The van der Waals surface area contributed by atoms with Crippen LogP contribution in [0, 0.1) is 34.3 Å². The van der Waals surface area contributed by atoms with Crippen molar-refractivity contribution in [1.29, 1.82) is 0 Å². The molecule has 5 rings (SSSR count). The minimum Gasteiger partial charge on any atom is -0.453 e. The van der Waals surface area contributed by atoms with Gasteiger partial charge in [0.25, 0.3) is 12.3 Å². The summed E-state index contributed by atoms with van der Waals surface area (Å²) in [5.41, 5.74) is 1.41. The lowest BCUT2D eigenvalue weighted by Crippen LogP contribution is -2.63. The Morgan fingerprint density at radius 1 is 0.863 bits per heavy atom. The lowest BCUT2D eigenvalue weighted by Gasteiger charge is -2.44. The highest BCUT2D eigenvalue weighted by atomic mass is 19.4. The zero-order valence-electron chi connectivity index (χ0n) is 44.3. The Bertz CT molecular complexity index is 2730. The van der Waals surface area contributed by atoms with Gasteiger partial charge in [0.2, 0.25) is 5.91 Å². The van der Waals surface area contributed by atoms with Crippen LogP contribution >= 0.6 is 0 Å². The van der Waals surface area contributed by atoms with Crippen LogP contribution in [0.15, 0.2) is 65.8 Å². The molecule has 7 N–H and O–H groups in total. The third kappa shape index (κ3) is 16.9. The average molecular weight is 1150 g/mol. The minimum atomic E-state index is -5.23. The summed E-state index contributed by atoms with van der Waals surface area (Å²) in [6.07, 6.45) is -15.4. The minimum absolute atomic E-state index is 0.251. The number of nitrogens with one attached hydrogen (secondary N) is 4. The Morgan fingerprint density at radius 2 is 1.44 bits per heavy atom. The molecule has 438 valence electrons. The Labute approximate surface area is 454 Å². The van der Waals surface area contributed by atoms with Gasteiger partial charge in [0.05, 0.1) is 63.0 Å². The second-order valence-corrected chi connectivity index (χ2v) is 19.8. The summed E-state index contributed by atoms with van der Waals surface area (Å²) in [4.78, 5) is 65.4. The highest BCUT2D eigenvalue weighted by Gasteiger charge is 2.57. The number of anilines is 1. The number of fused-ring (bicyclic) bond motifs is 1. The summed E-state index contributed by atoms with van der Waals surface area (Å²) in [5, 5.41) is 18.5. The predicted octanol–water partition coefficient (Wildman–Crippen LogP) is 5.46. The quantitative estimate of drug-likeness (QED) is 0.0358.